The highest BCUT2D eigenvalue weighted by atomic mass is 19.1. The van der Waals surface area contributed by atoms with Crippen LogP contribution in [-0.2, 0) is 11.3 Å². The van der Waals surface area contributed by atoms with Gasteiger partial charge in [-0.15, -0.1) is 0 Å². The van der Waals surface area contributed by atoms with Crippen molar-refractivity contribution in [1.29, 1.82) is 0 Å². The van der Waals surface area contributed by atoms with Crippen LogP contribution in [0.15, 0.2) is 48.5 Å². The number of hydrogen-bond donors (Lipinski definition) is 1. The average molecular weight is 427 g/mol. The Morgan fingerprint density at radius 1 is 0.968 bits per heavy atom. The Balaban J connectivity index is 1.24. The summed E-state index contributed by atoms with van der Waals surface area (Å²) < 4.78 is 27.0. The Kier molecular flexibility index (Phi) is 6.61. The molecule has 31 heavy (non-hydrogen) atoms. The normalized spacial score (nSPS) is 20.1. The summed E-state index contributed by atoms with van der Waals surface area (Å²) in [6, 6.07) is 13.4. The number of benzene rings is 2. The number of piperidine rings is 1. The zero-order valence-corrected chi connectivity index (χ0v) is 17.4. The Bertz CT molecular complexity index is 930. The van der Waals surface area contributed by atoms with E-state index in [2.05, 4.69) is 22.3 Å². The number of nitrogens with one attached hydrogen (secondary N) is 1. The third-order valence-electron chi connectivity index (χ3n) is 6.18. The van der Waals surface area contributed by atoms with E-state index < -0.39 is 17.5 Å². The first-order chi connectivity index (χ1) is 15.0. The molecule has 2 amide bonds. The standard InChI is InChI=1S/C24H27F2N3O2/c25-19-6-7-21(22(26)14-19)24(31)29-12-8-18(9-13-29)23(30)27-20-10-11-28(16-20)15-17-4-2-1-3-5-17/h1-7,14,18,20H,8-13,15-16H2,(H,27,30). The molecule has 2 aliphatic rings. The molecular weight excluding hydrogens is 400 g/mol. The summed E-state index contributed by atoms with van der Waals surface area (Å²) >= 11 is 0. The summed E-state index contributed by atoms with van der Waals surface area (Å²) in [5.74, 6) is -2.13. The quantitative estimate of drug-likeness (QED) is 0.797. The van der Waals surface area contributed by atoms with Crippen molar-refractivity contribution < 1.29 is 18.4 Å². The molecule has 1 unspecified atom stereocenters. The minimum absolute atomic E-state index is 0.0339. The van der Waals surface area contributed by atoms with Gasteiger partial charge in [0.2, 0.25) is 5.91 Å². The van der Waals surface area contributed by atoms with Crippen molar-refractivity contribution in [2.24, 2.45) is 5.92 Å². The zero-order chi connectivity index (χ0) is 21.8. The first-order valence-corrected chi connectivity index (χ1v) is 10.8. The number of amides is 2. The van der Waals surface area contributed by atoms with Gasteiger partial charge >= 0.3 is 0 Å². The molecule has 0 bridgehead atoms. The van der Waals surface area contributed by atoms with Gasteiger partial charge in [0.15, 0.2) is 0 Å². The number of carbonyl (C=O) groups excluding carboxylic acids is 2. The van der Waals surface area contributed by atoms with Crippen molar-refractivity contribution >= 4 is 11.8 Å². The summed E-state index contributed by atoms with van der Waals surface area (Å²) in [5.41, 5.74) is 1.14. The summed E-state index contributed by atoms with van der Waals surface area (Å²) in [5, 5.41) is 3.17. The number of hydrogen-bond acceptors (Lipinski definition) is 3. The van der Waals surface area contributed by atoms with Gasteiger partial charge < -0.3 is 10.2 Å². The molecule has 0 aromatic heterocycles. The van der Waals surface area contributed by atoms with Gasteiger partial charge in [-0.3, -0.25) is 14.5 Å². The van der Waals surface area contributed by atoms with Crippen LogP contribution in [-0.4, -0.2) is 53.8 Å². The van der Waals surface area contributed by atoms with Crippen molar-refractivity contribution in [3.05, 3.63) is 71.3 Å². The van der Waals surface area contributed by atoms with Crippen molar-refractivity contribution in [1.82, 2.24) is 15.1 Å². The lowest BCUT2D eigenvalue weighted by molar-refractivity contribution is -0.126. The van der Waals surface area contributed by atoms with Crippen LogP contribution in [0.1, 0.15) is 35.2 Å². The monoisotopic (exact) mass is 427 g/mol. The van der Waals surface area contributed by atoms with Crippen LogP contribution < -0.4 is 5.32 Å². The van der Waals surface area contributed by atoms with E-state index in [1.54, 1.807) is 0 Å². The predicted octanol–water partition coefficient (Wildman–Crippen LogP) is 3.21. The molecule has 0 saturated carbocycles. The van der Waals surface area contributed by atoms with E-state index in [9.17, 15) is 18.4 Å². The first-order valence-electron chi connectivity index (χ1n) is 10.8. The van der Waals surface area contributed by atoms with E-state index in [-0.39, 0.29) is 23.4 Å². The highest BCUT2D eigenvalue weighted by molar-refractivity contribution is 5.94. The van der Waals surface area contributed by atoms with Crippen molar-refractivity contribution in [2.45, 2.75) is 31.8 Å². The molecule has 0 aliphatic carbocycles. The number of rotatable bonds is 5. The second kappa shape index (κ2) is 9.56. The maximum absolute atomic E-state index is 13.9. The van der Waals surface area contributed by atoms with Gasteiger partial charge in [0.25, 0.3) is 5.91 Å². The molecule has 2 fully saturated rings. The maximum Gasteiger partial charge on any atom is 0.256 e. The fourth-order valence-electron chi connectivity index (χ4n) is 4.43. The number of nitrogens with zero attached hydrogens (tertiary/aromatic N) is 2. The van der Waals surface area contributed by atoms with Crippen LogP contribution in [0.2, 0.25) is 0 Å². The lowest BCUT2D eigenvalue weighted by Crippen LogP contribution is -2.46. The fraction of sp³-hybridized carbons (Fsp3) is 0.417. The van der Waals surface area contributed by atoms with Crippen LogP contribution in [0.25, 0.3) is 0 Å². The Hall–Kier alpha value is -2.80. The Labute approximate surface area is 181 Å². The maximum atomic E-state index is 13.9. The summed E-state index contributed by atoms with van der Waals surface area (Å²) in [4.78, 5) is 29.1. The van der Waals surface area contributed by atoms with Crippen LogP contribution >= 0.6 is 0 Å². The number of carbonyl (C=O) groups is 2. The second-order valence-electron chi connectivity index (χ2n) is 8.41. The molecule has 1 N–H and O–H groups in total. The van der Waals surface area contributed by atoms with E-state index in [1.807, 2.05) is 18.2 Å². The second-order valence-corrected chi connectivity index (χ2v) is 8.41. The SMILES string of the molecule is O=C(NC1CCN(Cc2ccccc2)C1)C1CCN(C(=O)c2ccc(F)cc2F)CC1. The van der Waals surface area contributed by atoms with E-state index in [0.29, 0.717) is 25.9 Å². The first kappa shape index (κ1) is 21.4. The van der Waals surface area contributed by atoms with Gasteiger partial charge in [-0.05, 0) is 37.0 Å². The van der Waals surface area contributed by atoms with Gasteiger partial charge in [-0.1, -0.05) is 30.3 Å². The van der Waals surface area contributed by atoms with Gasteiger partial charge in [-0.2, -0.15) is 0 Å². The summed E-state index contributed by atoms with van der Waals surface area (Å²) in [6.07, 6.45) is 2.02. The minimum Gasteiger partial charge on any atom is -0.352 e. The van der Waals surface area contributed by atoms with Crippen LogP contribution in [0.5, 0.6) is 0 Å². The molecule has 2 aromatic rings. The molecule has 2 aliphatic heterocycles. The van der Waals surface area contributed by atoms with E-state index in [0.717, 1.165) is 38.2 Å². The average Bonchev–Trinajstić information content (AvgIpc) is 3.20. The molecule has 5 nitrogen and oxygen atoms in total. The third kappa shape index (κ3) is 5.28. The van der Waals surface area contributed by atoms with Gasteiger partial charge in [-0.25, -0.2) is 8.78 Å². The van der Waals surface area contributed by atoms with E-state index in [1.165, 1.54) is 16.5 Å². The van der Waals surface area contributed by atoms with Gasteiger partial charge in [0.1, 0.15) is 11.6 Å². The van der Waals surface area contributed by atoms with Crippen LogP contribution in [0, 0.1) is 17.6 Å². The molecule has 4 rings (SSSR count). The molecular formula is C24H27F2N3O2. The molecule has 2 heterocycles. The lowest BCUT2D eigenvalue weighted by Gasteiger charge is -2.32. The summed E-state index contributed by atoms with van der Waals surface area (Å²) in [7, 11) is 0. The molecule has 1 atom stereocenters. The molecule has 164 valence electrons. The van der Waals surface area contributed by atoms with Crippen LogP contribution in [0.3, 0.4) is 0 Å². The van der Waals surface area contributed by atoms with Crippen molar-refractivity contribution in [2.75, 3.05) is 26.2 Å². The van der Waals surface area contributed by atoms with Crippen molar-refractivity contribution in [3.8, 4) is 0 Å². The molecule has 7 heteroatoms. The highest BCUT2D eigenvalue weighted by Crippen LogP contribution is 2.22. The van der Waals surface area contributed by atoms with E-state index in [4.69, 9.17) is 0 Å². The van der Waals surface area contributed by atoms with Crippen LogP contribution in [0.4, 0.5) is 8.78 Å². The number of likely N-dealkylation sites (tertiary alicyclic amines) is 2. The highest BCUT2D eigenvalue weighted by Gasteiger charge is 2.31. The smallest absolute Gasteiger partial charge is 0.256 e. The minimum atomic E-state index is -0.855. The van der Waals surface area contributed by atoms with Crippen molar-refractivity contribution in [3.63, 3.8) is 0 Å². The largest absolute Gasteiger partial charge is 0.352 e. The van der Waals surface area contributed by atoms with E-state index >= 15 is 0 Å². The fourth-order valence-corrected chi connectivity index (χ4v) is 4.43. The molecule has 2 saturated heterocycles. The third-order valence-corrected chi connectivity index (χ3v) is 6.18. The molecule has 0 spiro atoms. The zero-order valence-electron chi connectivity index (χ0n) is 17.4. The predicted molar refractivity (Wildman–Crippen MR) is 113 cm³/mol. The summed E-state index contributed by atoms with van der Waals surface area (Å²) in [6.45, 7) is 3.45. The van der Waals surface area contributed by atoms with Gasteiger partial charge in [0.05, 0.1) is 5.56 Å². The number of halogens is 2. The molecule has 0 radical (unpaired) electrons. The van der Waals surface area contributed by atoms with Gasteiger partial charge in [0, 0.05) is 50.7 Å². The molecule has 2 aromatic carbocycles. The Morgan fingerprint density at radius 3 is 2.42 bits per heavy atom. The topological polar surface area (TPSA) is 52.7 Å². The Morgan fingerprint density at radius 2 is 1.71 bits per heavy atom. The lowest BCUT2D eigenvalue weighted by atomic mass is 9.95.